The van der Waals surface area contributed by atoms with Crippen molar-refractivity contribution < 1.29 is 4.74 Å². The highest BCUT2D eigenvalue weighted by Gasteiger charge is 2.13. The molecule has 1 heterocycles. The summed E-state index contributed by atoms with van der Waals surface area (Å²) in [6.45, 7) is 6.03. The molecular formula is C14H22N2O. The van der Waals surface area contributed by atoms with Gasteiger partial charge in [-0.1, -0.05) is 31.5 Å². The third-order valence-corrected chi connectivity index (χ3v) is 3.06. The standard InChI is InChI=1S/C14H22N2O/c1-2-5-12-6-3-4-7-14(12)17-11-13-10-15-8-9-16-13/h3-4,6-7,13,15-16H,2,5,8-11H2,1H3. The van der Waals surface area contributed by atoms with Gasteiger partial charge < -0.3 is 15.4 Å². The predicted octanol–water partition coefficient (Wildman–Crippen LogP) is 1.58. The van der Waals surface area contributed by atoms with Crippen LogP contribution < -0.4 is 15.4 Å². The van der Waals surface area contributed by atoms with Crippen molar-refractivity contribution in [1.82, 2.24) is 10.6 Å². The molecule has 1 saturated heterocycles. The molecule has 1 aliphatic heterocycles. The van der Waals surface area contributed by atoms with Crippen molar-refractivity contribution in [2.75, 3.05) is 26.2 Å². The van der Waals surface area contributed by atoms with Crippen molar-refractivity contribution in [3.63, 3.8) is 0 Å². The number of hydrogen-bond donors (Lipinski definition) is 2. The Morgan fingerprint density at radius 1 is 1.29 bits per heavy atom. The van der Waals surface area contributed by atoms with Gasteiger partial charge in [-0.3, -0.25) is 0 Å². The lowest BCUT2D eigenvalue weighted by Gasteiger charge is -2.25. The molecule has 0 saturated carbocycles. The minimum Gasteiger partial charge on any atom is -0.492 e. The summed E-state index contributed by atoms with van der Waals surface area (Å²) < 4.78 is 5.93. The van der Waals surface area contributed by atoms with Crippen LogP contribution in [0.25, 0.3) is 0 Å². The van der Waals surface area contributed by atoms with Crippen molar-refractivity contribution in [2.45, 2.75) is 25.8 Å². The van der Waals surface area contributed by atoms with E-state index in [1.165, 1.54) is 5.56 Å². The largest absolute Gasteiger partial charge is 0.492 e. The van der Waals surface area contributed by atoms with Gasteiger partial charge in [0.05, 0.1) is 6.04 Å². The topological polar surface area (TPSA) is 33.3 Å². The number of piperazine rings is 1. The molecule has 1 aromatic carbocycles. The summed E-state index contributed by atoms with van der Waals surface area (Å²) in [5.74, 6) is 1.04. The lowest BCUT2D eigenvalue weighted by molar-refractivity contribution is 0.245. The van der Waals surface area contributed by atoms with Gasteiger partial charge >= 0.3 is 0 Å². The molecule has 1 aromatic rings. The van der Waals surface area contributed by atoms with Crippen molar-refractivity contribution >= 4 is 0 Å². The van der Waals surface area contributed by atoms with Crippen LogP contribution in [0.3, 0.4) is 0 Å². The van der Waals surface area contributed by atoms with Crippen LogP contribution in [0.5, 0.6) is 5.75 Å². The average Bonchev–Trinajstić information content (AvgIpc) is 2.39. The summed E-state index contributed by atoms with van der Waals surface area (Å²) in [5.41, 5.74) is 1.32. The van der Waals surface area contributed by atoms with Gasteiger partial charge in [0.25, 0.3) is 0 Å². The van der Waals surface area contributed by atoms with Gasteiger partial charge in [-0.15, -0.1) is 0 Å². The van der Waals surface area contributed by atoms with Crippen molar-refractivity contribution in [3.05, 3.63) is 29.8 Å². The van der Waals surface area contributed by atoms with Gasteiger partial charge in [0, 0.05) is 19.6 Å². The molecule has 1 aliphatic rings. The average molecular weight is 234 g/mol. The summed E-state index contributed by atoms with van der Waals surface area (Å²) >= 11 is 0. The molecule has 0 radical (unpaired) electrons. The molecule has 1 fully saturated rings. The highest BCUT2D eigenvalue weighted by molar-refractivity contribution is 5.33. The first-order valence-electron chi connectivity index (χ1n) is 6.55. The van der Waals surface area contributed by atoms with Gasteiger partial charge in [0.2, 0.25) is 0 Å². The summed E-state index contributed by atoms with van der Waals surface area (Å²) in [7, 11) is 0. The van der Waals surface area contributed by atoms with Gasteiger partial charge in [0.15, 0.2) is 0 Å². The SMILES string of the molecule is CCCc1ccccc1OCC1CNCCN1. The Morgan fingerprint density at radius 3 is 2.94 bits per heavy atom. The molecule has 0 bridgehead atoms. The lowest BCUT2D eigenvalue weighted by Crippen LogP contribution is -2.51. The van der Waals surface area contributed by atoms with E-state index < -0.39 is 0 Å². The maximum atomic E-state index is 5.93. The number of para-hydroxylation sites is 1. The second kappa shape index (κ2) is 6.62. The van der Waals surface area contributed by atoms with E-state index in [9.17, 15) is 0 Å². The van der Waals surface area contributed by atoms with E-state index in [0.717, 1.165) is 44.8 Å². The van der Waals surface area contributed by atoms with Crippen molar-refractivity contribution in [3.8, 4) is 5.75 Å². The monoisotopic (exact) mass is 234 g/mol. The Balaban J connectivity index is 1.88. The number of benzene rings is 1. The third kappa shape index (κ3) is 3.72. The van der Waals surface area contributed by atoms with Crippen molar-refractivity contribution in [2.24, 2.45) is 0 Å². The minimum atomic E-state index is 0.429. The molecule has 3 nitrogen and oxygen atoms in total. The van der Waals surface area contributed by atoms with E-state index in [4.69, 9.17) is 4.74 Å². The van der Waals surface area contributed by atoms with Crippen LogP contribution in [-0.2, 0) is 6.42 Å². The molecule has 2 N–H and O–H groups in total. The van der Waals surface area contributed by atoms with E-state index in [0.29, 0.717) is 6.04 Å². The molecular weight excluding hydrogens is 212 g/mol. The zero-order chi connectivity index (χ0) is 11.9. The van der Waals surface area contributed by atoms with E-state index in [1.807, 2.05) is 6.07 Å². The highest BCUT2D eigenvalue weighted by Crippen LogP contribution is 2.19. The maximum Gasteiger partial charge on any atom is 0.122 e. The van der Waals surface area contributed by atoms with E-state index in [-0.39, 0.29) is 0 Å². The first-order chi connectivity index (χ1) is 8.40. The van der Waals surface area contributed by atoms with Gasteiger partial charge in [0.1, 0.15) is 12.4 Å². The summed E-state index contributed by atoms with van der Waals surface area (Å²) in [4.78, 5) is 0. The number of rotatable bonds is 5. The van der Waals surface area contributed by atoms with E-state index in [2.05, 4.69) is 35.8 Å². The molecule has 0 aliphatic carbocycles. The Morgan fingerprint density at radius 2 is 2.18 bits per heavy atom. The Labute approximate surface area is 104 Å². The van der Waals surface area contributed by atoms with E-state index >= 15 is 0 Å². The molecule has 2 rings (SSSR count). The fourth-order valence-corrected chi connectivity index (χ4v) is 2.14. The van der Waals surface area contributed by atoms with Crippen molar-refractivity contribution in [1.29, 1.82) is 0 Å². The Hall–Kier alpha value is -1.06. The number of ether oxygens (including phenoxy) is 1. The molecule has 1 atom stereocenters. The van der Waals surface area contributed by atoms with E-state index in [1.54, 1.807) is 0 Å². The minimum absolute atomic E-state index is 0.429. The zero-order valence-corrected chi connectivity index (χ0v) is 10.5. The smallest absolute Gasteiger partial charge is 0.122 e. The van der Waals surface area contributed by atoms with Crippen LogP contribution in [0.1, 0.15) is 18.9 Å². The molecule has 3 heteroatoms. The second-order valence-corrected chi connectivity index (χ2v) is 4.52. The zero-order valence-electron chi connectivity index (χ0n) is 10.5. The quantitative estimate of drug-likeness (QED) is 0.811. The maximum absolute atomic E-state index is 5.93. The van der Waals surface area contributed by atoms with Gasteiger partial charge in [-0.05, 0) is 18.1 Å². The Kier molecular flexibility index (Phi) is 4.83. The summed E-state index contributed by atoms with van der Waals surface area (Å²) in [6.07, 6.45) is 2.25. The molecule has 17 heavy (non-hydrogen) atoms. The summed E-state index contributed by atoms with van der Waals surface area (Å²) in [5, 5.41) is 6.82. The van der Waals surface area contributed by atoms with Crippen LogP contribution in [0.15, 0.2) is 24.3 Å². The van der Waals surface area contributed by atoms with Crippen LogP contribution in [0.4, 0.5) is 0 Å². The van der Waals surface area contributed by atoms with Crippen LogP contribution in [-0.4, -0.2) is 32.3 Å². The fraction of sp³-hybridized carbons (Fsp3) is 0.571. The highest BCUT2D eigenvalue weighted by atomic mass is 16.5. The molecule has 0 spiro atoms. The Bertz CT molecular complexity index is 335. The molecule has 1 unspecified atom stereocenters. The summed E-state index contributed by atoms with van der Waals surface area (Å²) in [6, 6.07) is 8.78. The number of aryl methyl sites for hydroxylation is 1. The van der Waals surface area contributed by atoms with Gasteiger partial charge in [-0.2, -0.15) is 0 Å². The predicted molar refractivity (Wildman–Crippen MR) is 70.6 cm³/mol. The number of nitrogens with one attached hydrogen (secondary N) is 2. The normalized spacial score (nSPS) is 20.2. The third-order valence-electron chi connectivity index (χ3n) is 3.06. The molecule has 0 aromatic heterocycles. The lowest BCUT2D eigenvalue weighted by atomic mass is 10.1. The molecule has 0 amide bonds. The molecule has 94 valence electrons. The first-order valence-corrected chi connectivity index (χ1v) is 6.55. The van der Waals surface area contributed by atoms with Gasteiger partial charge in [-0.25, -0.2) is 0 Å². The van der Waals surface area contributed by atoms with Crippen LogP contribution in [0.2, 0.25) is 0 Å². The van der Waals surface area contributed by atoms with Crippen LogP contribution in [0, 0.1) is 0 Å². The first kappa shape index (κ1) is 12.4. The van der Waals surface area contributed by atoms with Crippen LogP contribution >= 0.6 is 0 Å². The fourth-order valence-electron chi connectivity index (χ4n) is 2.14. The second-order valence-electron chi connectivity index (χ2n) is 4.52. The number of hydrogen-bond acceptors (Lipinski definition) is 3.